The van der Waals surface area contributed by atoms with Crippen LogP contribution in [0.4, 0.5) is 4.79 Å². The Morgan fingerprint density at radius 3 is 1.27 bits per heavy atom. The first-order chi connectivity index (χ1) is 21.6. The molecule has 228 valence electrons. The third-order valence-corrected chi connectivity index (χ3v) is 7.63. The lowest BCUT2D eigenvalue weighted by Gasteiger charge is -2.18. The average molecular weight is 589 g/mol. The first kappa shape index (κ1) is 32.4. The molecule has 0 fully saturated rings. The molecule has 2 unspecified atom stereocenters. The molecule has 4 rings (SSSR count). The first-order valence-electron chi connectivity index (χ1n) is 15.9. The highest BCUT2D eigenvalue weighted by Crippen LogP contribution is 2.27. The summed E-state index contributed by atoms with van der Waals surface area (Å²) in [6.07, 6.45) is 4.53. The van der Waals surface area contributed by atoms with Gasteiger partial charge in [-0.3, -0.25) is 0 Å². The Bertz CT molecular complexity index is 1410. The molecule has 4 aromatic rings. The number of rotatable bonds is 12. The molecule has 0 N–H and O–H groups in total. The molecule has 0 radical (unpaired) electrons. The molecule has 0 aliphatic carbocycles. The molecule has 44 heavy (non-hydrogen) atoms. The Hall–Kier alpha value is -4.51. The average Bonchev–Trinajstić information content (AvgIpc) is 3.07. The van der Waals surface area contributed by atoms with Crippen molar-refractivity contribution in [3.05, 3.63) is 120 Å². The van der Waals surface area contributed by atoms with Gasteiger partial charge in [0.15, 0.2) is 0 Å². The zero-order valence-electron chi connectivity index (χ0n) is 26.4. The second-order valence-electron chi connectivity index (χ2n) is 10.8. The lowest BCUT2D eigenvalue weighted by Crippen LogP contribution is -2.23. The van der Waals surface area contributed by atoms with Gasteiger partial charge < -0.3 is 9.47 Å². The number of aliphatic imine (C=N–C) groups is 2. The van der Waals surface area contributed by atoms with Crippen LogP contribution in [0.1, 0.15) is 77.3 Å². The van der Waals surface area contributed by atoms with Crippen molar-refractivity contribution in [3.63, 3.8) is 0 Å². The molecule has 5 nitrogen and oxygen atoms in total. The fourth-order valence-corrected chi connectivity index (χ4v) is 5.28. The van der Waals surface area contributed by atoms with E-state index < -0.39 is 6.16 Å². The summed E-state index contributed by atoms with van der Waals surface area (Å²) in [7, 11) is 0. The molecule has 0 heterocycles. The highest BCUT2D eigenvalue weighted by molar-refractivity contribution is 6.08. The van der Waals surface area contributed by atoms with Gasteiger partial charge >= 0.3 is 6.16 Å². The summed E-state index contributed by atoms with van der Waals surface area (Å²) < 4.78 is 12.1. The molecule has 0 aliphatic rings. The van der Waals surface area contributed by atoms with Crippen LogP contribution in [0.3, 0.4) is 0 Å². The normalized spacial score (nSPS) is 13.3. The summed E-state index contributed by atoms with van der Waals surface area (Å²) in [6, 6.07) is 35.9. The summed E-state index contributed by atoms with van der Waals surface area (Å²) in [5, 5.41) is 0. The van der Waals surface area contributed by atoms with Crippen molar-refractivity contribution < 1.29 is 14.3 Å². The highest BCUT2D eigenvalue weighted by Gasteiger charge is 2.23. The lowest BCUT2D eigenvalue weighted by molar-refractivity contribution is 0.144. The number of carbonyl (C=O) groups is 1. The van der Waals surface area contributed by atoms with Gasteiger partial charge in [0, 0.05) is 11.1 Å². The number of hydrogen-bond acceptors (Lipinski definition) is 5. The largest absolute Gasteiger partial charge is 0.522 e. The Morgan fingerprint density at radius 1 is 0.545 bits per heavy atom. The minimum atomic E-state index is -0.856. The van der Waals surface area contributed by atoms with Crippen LogP contribution in [0, 0.1) is 0 Å². The summed E-state index contributed by atoms with van der Waals surface area (Å²) in [6.45, 7) is 8.48. The summed E-state index contributed by atoms with van der Waals surface area (Å²) >= 11 is 0. The van der Waals surface area contributed by atoms with Crippen molar-refractivity contribution in [3.8, 4) is 22.3 Å². The van der Waals surface area contributed by atoms with Crippen molar-refractivity contribution in [1.29, 1.82) is 0 Å². The Labute approximate surface area is 262 Å². The van der Waals surface area contributed by atoms with Gasteiger partial charge in [-0.15, -0.1) is 0 Å². The van der Waals surface area contributed by atoms with Crippen LogP contribution < -0.4 is 0 Å². The molecule has 4 aromatic carbocycles. The second-order valence-corrected chi connectivity index (χ2v) is 10.8. The fourth-order valence-electron chi connectivity index (χ4n) is 5.28. The Balaban J connectivity index is 1.75. The molecule has 0 amide bonds. The van der Waals surface area contributed by atoms with Gasteiger partial charge in [-0.2, -0.15) is 0 Å². The smallest absolute Gasteiger partial charge is 0.375 e. The van der Waals surface area contributed by atoms with Crippen LogP contribution in [0.5, 0.6) is 0 Å². The van der Waals surface area contributed by atoms with Crippen molar-refractivity contribution in [2.75, 3.05) is 0 Å². The molecular formula is C39H44N2O3. The van der Waals surface area contributed by atoms with Crippen molar-refractivity contribution >= 4 is 18.0 Å². The van der Waals surface area contributed by atoms with Gasteiger partial charge in [0.1, 0.15) is 0 Å². The van der Waals surface area contributed by atoms with E-state index in [1.165, 1.54) is 0 Å². The predicted octanol–water partition coefficient (Wildman–Crippen LogP) is 10.5. The third-order valence-electron chi connectivity index (χ3n) is 7.63. The molecular weight excluding hydrogens is 544 g/mol. The molecule has 0 aliphatic heterocycles. The van der Waals surface area contributed by atoms with Crippen LogP contribution >= 0.6 is 0 Å². The zero-order valence-corrected chi connectivity index (χ0v) is 26.4. The fraction of sp³-hybridized carbons (Fsp3) is 0.308. The van der Waals surface area contributed by atoms with Crippen LogP contribution in [0.25, 0.3) is 22.3 Å². The van der Waals surface area contributed by atoms with E-state index in [1.54, 1.807) is 0 Å². The topological polar surface area (TPSA) is 60.2 Å². The summed E-state index contributed by atoms with van der Waals surface area (Å²) in [5.74, 6) is 0.511. The standard InChI is InChI=1S/C39H44N2O3/c1-5-19-31(7-3)40-37(35-27-17-15-25-33(35)29-21-11-9-12-22-29)43-39(42)44-38(41-32(8-4)20-6-2)36-28-18-16-26-34(36)30-23-13-10-14-24-30/h9-18,21-28,31-32H,5-8,19-20H2,1-4H3. The number of hydrogen-bond donors (Lipinski definition) is 0. The number of ether oxygens (including phenoxy) is 2. The Morgan fingerprint density at radius 2 is 0.909 bits per heavy atom. The van der Waals surface area contributed by atoms with Crippen molar-refractivity contribution in [2.45, 2.75) is 78.3 Å². The van der Waals surface area contributed by atoms with Gasteiger partial charge in [-0.25, -0.2) is 14.8 Å². The van der Waals surface area contributed by atoms with Crippen LogP contribution in [0.15, 0.2) is 119 Å². The molecule has 0 spiro atoms. The maximum atomic E-state index is 13.8. The maximum absolute atomic E-state index is 13.8. The highest BCUT2D eigenvalue weighted by atomic mass is 16.7. The molecule has 0 saturated heterocycles. The van der Waals surface area contributed by atoms with E-state index >= 15 is 0 Å². The number of nitrogens with zero attached hydrogens (tertiary/aromatic N) is 2. The van der Waals surface area contributed by atoms with Gasteiger partial charge in [-0.1, -0.05) is 138 Å². The number of benzene rings is 4. The summed E-state index contributed by atoms with van der Waals surface area (Å²) in [4.78, 5) is 23.7. The monoisotopic (exact) mass is 588 g/mol. The predicted molar refractivity (Wildman–Crippen MR) is 182 cm³/mol. The maximum Gasteiger partial charge on any atom is 0.522 e. The van der Waals surface area contributed by atoms with Crippen LogP contribution in [-0.2, 0) is 9.47 Å². The first-order valence-corrected chi connectivity index (χ1v) is 15.9. The van der Waals surface area contributed by atoms with Gasteiger partial charge in [-0.05, 0) is 60.1 Å². The Kier molecular flexibility index (Phi) is 12.5. The third kappa shape index (κ3) is 8.76. The van der Waals surface area contributed by atoms with E-state index in [-0.39, 0.29) is 23.9 Å². The second kappa shape index (κ2) is 17.0. The van der Waals surface area contributed by atoms with E-state index in [2.05, 4.69) is 27.7 Å². The van der Waals surface area contributed by atoms with E-state index in [4.69, 9.17) is 19.5 Å². The summed E-state index contributed by atoms with van der Waals surface area (Å²) in [5.41, 5.74) is 5.38. The van der Waals surface area contributed by atoms with Crippen molar-refractivity contribution in [1.82, 2.24) is 0 Å². The van der Waals surface area contributed by atoms with E-state index in [9.17, 15) is 4.79 Å². The van der Waals surface area contributed by atoms with Gasteiger partial charge in [0.05, 0.1) is 12.1 Å². The van der Waals surface area contributed by atoms with Crippen molar-refractivity contribution in [2.24, 2.45) is 9.98 Å². The van der Waals surface area contributed by atoms with E-state index in [0.717, 1.165) is 71.9 Å². The minimum absolute atomic E-state index is 0.00704. The molecule has 5 heteroatoms. The minimum Gasteiger partial charge on any atom is -0.375 e. The molecule has 0 bridgehead atoms. The lowest BCUT2D eigenvalue weighted by atomic mass is 9.99. The van der Waals surface area contributed by atoms with Gasteiger partial charge in [0.25, 0.3) is 0 Å². The number of carbonyl (C=O) groups excluding carboxylic acids is 1. The van der Waals surface area contributed by atoms with E-state index in [1.807, 2.05) is 109 Å². The zero-order chi connectivity index (χ0) is 31.1. The van der Waals surface area contributed by atoms with E-state index in [0.29, 0.717) is 0 Å². The molecule has 0 aromatic heterocycles. The quantitative estimate of drug-likeness (QED) is 0.0939. The van der Waals surface area contributed by atoms with Crippen LogP contribution in [-0.4, -0.2) is 30.0 Å². The SMILES string of the molecule is CCCC(CC)N=C(OC(=O)OC(=NC(CC)CCC)c1ccccc1-c1ccccc1)c1ccccc1-c1ccccc1. The molecule has 2 atom stereocenters. The van der Waals surface area contributed by atoms with Gasteiger partial charge in [0.2, 0.25) is 11.8 Å². The van der Waals surface area contributed by atoms with Crippen LogP contribution in [0.2, 0.25) is 0 Å². The molecule has 0 saturated carbocycles.